The molecule has 0 spiro atoms. The predicted octanol–water partition coefficient (Wildman–Crippen LogP) is 3.62. The van der Waals surface area contributed by atoms with Gasteiger partial charge in [-0.25, -0.2) is 9.97 Å². The van der Waals surface area contributed by atoms with Crippen LogP contribution in [0.25, 0.3) is 11.0 Å². The summed E-state index contributed by atoms with van der Waals surface area (Å²) >= 11 is 6.79. The van der Waals surface area contributed by atoms with Gasteiger partial charge in [0.25, 0.3) is 0 Å². The average molecular weight is 358 g/mol. The maximum atomic E-state index is 11.3. The molecule has 17 heavy (non-hydrogen) atoms. The first-order chi connectivity index (χ1) is 8.15. The summed E-state index contributed by atoms with van der Waals surface area (Å²) in [5, 5.41) is 1.33. The molecule has 0 amide bonds. The Morgan fingerprint density at radius 1 is 1.12 bits per heavy atom. The van der Waals surface area contributed by atoms with Crippen molar-refractivity contribution in [1.29, 1.82) is 0 Å². The van der Waals surface area contributed by atoms with Crippen LogP contribution >= 0.6 is 31.9 Å². The van der Waals surface area contributed by atoms with E-state index in [0.29, 0.717) is 16.2 Å². The summed E-state index contributed by atoms with van der Waals surface area (Å²) in [5.41, 5.74) is 4.06. The molecule has 0 N–H and O–H groups in total. The summed E-state index contributed by atoms with van der Waals surface area (Å²) in [6, 6.07) is 5.41. The van der Waals surface area contributed by atoms with E-state index in [0.717, 1.165) is 22.4 Å². The van der Waals surface area contributed by atoms with Crippen LogP contribution in [0, 0.1) is 0 Å². The molecule has 2 rings (SSSR count). The predicted molar refractivity (Wildman–Crippen MR) is 74.8 cm³/mol. The smallest absolute Gasteiger partial charge is 0.159 e. The van der Waals surface area contributed by atoms with E-state index in [1.165, 1.54) is 0 Å². The fourth-order valence-electron chi connectivity index (χ4n) is 1.56. The standard InChI is InChI=1S/C12H10Br2N2O/c1-7(17)8-2-3-9-10(4-8)16-12(6-14)11(5-13)15-9/h2-4H,5-6H2,1H3. The Bertz CT molecular complexity index is 584. The van der Waals surface area contributed by atoms with Gasteiger partial charge in [0, 0.05) is 16.2 Å². The highest BCUT2D eigenvalue weighted by atomic mass is 79.9. The fraction of sp³-hybridized carbons (Fsp3) is 0.250. The van der Waals surface area contributed by atoms with E-state index in [9.17, 15) is 4.79 Å². The number of nitrogens with zero attached hydrogens (tertiary/aromatic N) is 2. The Morgan fingerprint density at radius 2 is 1.71 bits per heavy atom. The van der Waals surface area contributed by atoms with Crippen LogP contribution in [-0.2, 0) is 10.7 Å². The third-order valence-corrected chi connectivity index (χ3v) is 3.54. The molecule has 1 aromatic carbocycles. The first kappa shape index (κ1) is 12.6. The van der Waals surface area contributed by atoms with Crippen molar-refractivity contribution in [2.24, 2.45) is 0 Å². The zero-order valence-electron chi connectivity index (χ0n) is 9.20. The van der Waals surface area contributed by atoms with Crippen molar-refractivity contribution in [1.82, 2.24) is 9.97 Å². The first-order valence-electron chi connectivity index (χ1n) is 5.08. The SMILES string of the molecule is CC(=O)c1ccc2nc(CBr)c(CBr)nc2c1. The van der Waals surface area contributed by atoms with Crippen LogP contribution in [0.15, 0.2) is 18.2 Å². The second-order valence-electron chi connectivity index (χ2n) is 3.64. The van der Waals surface area contributed by atoms with E-state index in [1.807, 2.05) is 6.07 Å². The summed E-state index contributed by atoms with van der Waals surface area (Å²) < 4.78 is 0. The molecule has 0 aliphatic carbocycles. The van der Waals surface area contributed by atoms with Crippen LogP contribution in [0.3, 0.4) is 0 Å². The minimum atomic E-state index is 0.0404. The number of rotatable bonds is 3. The number of carbonyl (C=O) groups is 1. The lowest BCUT2D eigenvalue weighted by Gasteiger charge is -2.06. The molecule has 2 aromatic rings. The summed E-state index contributed by atoms with van der Waals surface area (Å²) in [7, 11) is 0. The van der Waals surface area contributed by atoms with Crippen molar-refractivity contribution in [2.75, 3.05) is 0 Å². The molecule has 1 heterocycles. The normalized spacial score (nSPS) is 10.8. The van der Waals surface area contributed by atoms with E-state index in [-0.39, 0.29) is 5.78 Å². The molecular formula is C12H10Br2N2O. The molecule has 0 bridgehead atoms. The van der Waals surface area contributed by atoms with Gasteiger partial charge in [-0.05, 0) is 25.1 Å². The molecular weight excluding hydrogens is 348 g/mol. The van der Waals surface area contributed by atoms with Crippen molar-refractivity contribution in [3.8, 4) is 0 Å². The lowest BCUT2D eigenvalue weighted by molar-refractivity contribution is 0.101. The Morgan fingerprint density at radius 3 is 2.24 bits per heavy atom. The van der Waals surface area contributed by atoms with Crippen molar-refractivity contribution in [3.63, 3.8) is 0 Å². The number of fused-ring (bicyclic) bond motifs is 1. The van der Waals surface area contributed by atoms with Crippen molar-refractivity contribution < 1.29 is 4.79 Å². The Balaban J connectivity index is 2.66. The number of aromatic nitrogens is 2. The highest BCUT2D eigenvalue weighted by molar-refractivity contribution is 9.09. The molecule has 3 nitrogen and oxygen atoms in total. The number of hydrogen-bond donors (Lipinski definition) is 0. The van der Waals surface area contributed by atoms with Gasteiger partial charge >= 0.3 is 0 Å². The Kier molecular flexibility index (Phi) is 3.89. The van der Waals surface area contributed by atoms with Gasteiger partial charge < -0.3 is 0 Å². The maximum absolute atomic E-state index is 11.3. The molecule has 0 atom stereocenters. The molecule has 0 fully saturated rings. The molecule has 0 aliphatic rings. The van der Waals surface area contributed by atoms with Gasteiger partial charge in [-0.1, -0.05) is 31.9 Å². The van der Waals surface area contributed by atoms with E-state index < -0.39 is 0 Å². The summed E-state index contributed by atoms with van der Waals surface area (Å²) in [4.78, 5) is 20.3. The molecule has 1 aromatic heterocycles. The van der Waals surface area contributed by atoms with Gasteiger partial charge in [-0.3, -0.25) is 4.79 Å². The third-order valence-electron chi connectivity index (χ3n) is 2.48. The Hall–Kier alpha value is -0.810. The lowest BCUT2D eigenvalue weighted by Crippen LogP contribution is -2.00. The van der Waals surface area contributed by atoms with E-state index in [1.54, 1.807) is 19.1 Å². The van der Waals surface area contributed by atoms with Crippen molar-refractivity contribution in [3.05, 3.63) is 35.2 Å². The van der Waals surface area contributed by atoms with Crippen LogP contribution in [0.5, 0.6) is 0 Å². The molecule has 0 saturated heterocycles. The quantitative estimate of drug-likeness (QED) is 0.622. The second kappa shape index (κ2) is 5.23. The minimum absolute atomic E-state index is 0.0404. The van der Waals surface area contributed by atoms with Gasteiger partial charge in [-0.2, -0.15) is 0 Å². The number of alkyl halides is 2. The van der Waals surface area contributed by atoms with Crippen molar-refractivity contribution >= 4 is 48.7 Å². The topological polar surface area (TPSA) is 42.9 Å². The lowest BCUT2D eigenvalue weighted by atomic mass is 10.1. The van der Waals surface area contributed by atoms with Crippen LogP contribution < -0.4 is 0 Å². The maximum Gasteiger partial charge on any atom is 0.159 e. The van der Waals surface area contributed by atoms with E-state index >= 15 is 0 Å². The van der Waals surface area contributed by atoms with Crippen LogP contribution in [0.4, 0.5) is 0 Å². The van der Waals surface area contributed by atoms with Gasteiger partial charge in [0.2, 0.25) is 0 Å². The summed E-state index contributed by atoms with van der Waals surface area (Å²) in [6.07, 6.45) is 0. The zero-order valence-corrected chi connectivity index (χ0v) is 12.4. The largest absolute Gasteiger partial charge is 0.295 e. The molecule has 5 heteroatoms. The van der Waals surface area contributed by atoms with Crippen molar-refractivity contribution in [2.45, 2.75) is 17.6 Å². The highest BCUT2D eigenvalue weighted by Crippen LogP contribution is 2.18. The van der Waals surface area contributed by atoms with Crippen LogP contribution in [-0.4, -0.2) is 15.8 Å². The minimum Gasteiger partial charge on any atom is -0.295 e. The number of halogens is 2. The van der Waals surface area contributed by atoms with Gasteiger partial charge in [0.1, 0.15) is 0 Å². The van der Waals surface area contributed by atoms with E-state index in [4.69, 9.17) is 0 Å². The molecule has 0 radical (unpaired) electrons. The number of ketones is 1. The van der Waals surface area contributed by atoms with E-state index in [2.05, 4.69) is 41.8 Å². The summed E-state index contributed by atoms with van der Waals surface area (Å²) in [5.74, 6) is 0.0404. The zero-order chi connectivity index (χ0) is 12.4. The van der Waals surface area contributed by atoms with Gasteiger partial charge in [-0.15, -0.1) is 0 Å². The molecule has 0 saturated carbocycles. The number of benzene rings is 1. The molecule has 0 unspecified atom stereocenters. The number of hydrogen-bond acceptors (Lipinski definition) is 3. The number of carbonyl (C=O) groups excluding carboxylic acids is 1. The first-order valence-corrected chi connectivity index (χ1v) is 7.32. The summed E-state index contributed by atoms with van der Waals surface area (Å²) in [6.45, 7) is 1.55. The van der Waals surface area contributed by atoms with Gasteiger partial charge in [0.05, 0.1) is 22.4 Å². The van der Waals surface area contributed by atoms with Gasteiger partial charge in [0.15, 0.2) is 5.78 Å². The third kappa shape index (κ3) is 2.55. The molecule has 0 aliphatic heterocycles. The van der Waals surface area contributed by atoms with Crippen LogP contribution in [0.1, 0.15) is 28.7 Å². The highest BCUT2D eigenvalue weighted by Gasteiger charge is 2.08. The average Bonchev–Trinajstić information content (AvgIpc) is 2.36. The number of Topliss-reactive ketones (excluding diaryl/α,β-unsaturated/α-hetero) is 1. The second-order valence-corrected chi connectivity index (χ2v) is 4.77. The monoisotopic (exact) mass is 356 g/mol. The fourth-order valence-corrected chi connectivity index (χ4v) is 2.46. The molecule has 88 valence electrons. The Labute approximate surface area is 116 Å². The van der Waals surface area contributed by atoms with Crippen LogP contribution in [0.2, 0.25) is 0 Å².